The minimum atomic E-state index is 0.0714. The van der Waals surface area contributed by atoms with Gasteiger partial charge in [-0.15, -0.1) is 0 Å². The molecule has 2 aromatic rings. The van der Waals surface area contributed by atoms with E-state index >= 15 is 0 Å². The van der Waals surface area contributed by atoms with Crippen LogP contribution in [0.2, 0.25) is 0 Å². The molecule has 1 amide bonds. The van der Waals surface area contributed by atoms with Gasteiger partial charge in [0.25, 0.3) is 5.91 Å². The maximum Gasteiger partial charge on any atom is 0.258 e. The van der Waals surface area contributed by atoms with Crippen LogP contribution in [-0.2, 0) is 4.79 Å². The van der Waals surface area contributed by atoms with Crippen molar-refractivity contribution in [3.8, 4) is 0 Å². The van der Waals surface area contributed by atoms with Gasteiger partial charge in [-0.25, -0.2) is 0 Å². The van der Waals surface area contributed by atoms with E-state index in [2.05, 4.69) is 6.92 Å². The van der Waals surface area contributed by atoms with Gasteiger partial charge in [0.2, 0.25) is 0 Å². The van der Waals surface area contributed by atoms with Crippen molar-refractivity contribution in [1.29, 1.82) is 0 Å². The van der Waals surface area contributed by atoms with Gasteiger partial charge in [0, 0.05) is 17.7 Å². The highest BCUT2D eigenvalue weighted by Crippen LogP contribution is 2.36. The number of fused-ring (bicyclic) bond motifs is 1. The Morgan fingerprint density at radius 1 is 1.19 bits per heavy atom. The summed E-state index contributed by atoms with van der Waals surface area (Å²) in [5, 5.41) is 0. The molecule has 0 N–H and O–H groups in total. The Balaban J connectivity index is 1.93. The van der Waals surface area contributed by atoms with E-state index in [0.717, 1.165) is 35.5 Å². The molecule has 2 heterocycles. The Hall–Kier alpha value is -2.55. The molecule has 0 bridgehead atoms. The minimum Gasteiger partial charge on any atom is -0.465 e. The first-order valence-corrected chi connectivity index (χ1v) is 7.14. The van der Waals surface area contributed by atoms with Crippen LogP contribution in [0.3, 0.4) is 0 Å². The normalized spacial score (nSPS) is 16.1. The van der Waals surface area contributed by atoms with Gasteiger partial charge in [0.05, 0.1) is 12.0 Å². The van der Waals surface area contributed by atoms with Crippen LogP contribution in [-0.4, -0.2) is 12.5 Å². The molecular weight excluding hydrogens is 262 g/mol. The van der Waals surface area contributed by atoms with Crippen molar-refractivity contribution in [2.24, 2.45) is 0 Å². The largest absolute Gasteiger partial charge is 0.465 e. The summed E-state index contributed by atoms with van der Waals surface area (Å²) in [5.41, 5.74) is 2.74. The van der Waals surface area contributed by atoms with E-state index < -0.39 is 0 Å². The molecule has 1 aliphatic heterocycles. The second-order valence-electron chi connectivity index (χ2n) is 4.93. The number of furan rings is 1. The third kappa shape index (κ3) is 2.55. The molecule has 0 spiro atoms. The van der Waals surface area contributed by atoms with E-state index in [-0.39, 0.29) is 5.91 Å². The first kappa shape index (κ1) is 13.4. The molecule has 0 saturated carbocycles. The van der Waals surface area contributed by atoms with Gasteiger partial charge < -0.3 is 9.32 Å². The van der Waals surface area contributed by atoms with E-state index in [1.165, 1.54) is 0 Å². The fourth-order valence-corrected chi connectivity index (χ4v) is 2.54. The molecule has 21 heavy (non-hydrogen) atoms. The molecule has 0 aliphatic carbocycles. The predicted octanol–water partition coefficient (Wildman–Crippen LogP) is 4.13. The highest BCUT2D eigenvalue weighted by Gasteiger charge is 2.30. The third-order valence-electron chi connectivity index (χ3n) is 3.47. The molecule has 3 heteroatoms. The first-order valence-electron chi connectivity index (χ1n) is 7.14. The van der Waals surface area contributed by atoms with Gasteiger partial charge in [-0.3, -0.25) is 4.79 Å². The number of benzene rings is 1. The lowest BCUT2D eigenvalue weighted by molar-refractivity contribution is -0.113. The lowest BCUT2D eigenvalue weighted by Gasteiger charge is -2.15. The number of hydrogen-bond acceptors (Lipinski definition) is 2. The minimum absolute atomic E-state index is 0.0714. The first-order chi connectivity index (χ1) is 10.3. The summed E-state index contributed by atoms with van der Waals surface area (Å²) in [6.45, 7) is 2.82. The van der Waals surface area contributed by atoms with Crippen molar-refractivity contribution in [1.82, 2.24) is 0 Å². The van der Waals surface area contributed by atoms with E-state index in [1.54, 1.807) is 6.26 Å². The number of nitrogens with zero attached hydrogens (tertiary/aromatic N) is 1. The zero-order chi connectivity index (χ0) is 14.7. The highest BCUT2D eigenvalue weighted by molar-refractivity contribution is 6.32. The van der Waals surface area contributed by atoms with Gasteiger partial charge >= 0.3 is 0 Å². The maximum atomic E-state index is 12.5. The molecule has 0 radical (unpaired) electrons. The Morgan fingerprint density at radius 3 is 2.81 bits per heavy atom. The SMILES string of the molecule is CCCN1C(=O)/C(=C\C=C\c2ccco2)c2ccccc21. The molecule has 3 rings (SSSR count). The van der Waals surface area contributed by atoms with Gasteiger partial charge in [-0.05, 0) is 36.8 Å². The highest BCUT2D eigenvalue weighted by atomic mass is 16.3. The molecule has 1 aromatic carbocycles. The van der Waals surface area contributed by atoms with Crippen LogP contribution in [0.15, 0.2) is 59.2 Å². The number of allylic oxidation sites excluding steroid dienone is 2. The van der Waals surface area contributed by atoms with Crippen LogP contribution in [0.25, 0.3) is 11.6 Å². The molecule has 0 atom stereocenters. The monoisotopic (exact) mass is 279 g/mol. The number of hydrogen-bond donors (Lipinski definition) is 0. The summed E-state index contributed by atoms with van der Waals surface area (Å²) in [6.07, 6.45) is 8.14. The Morgan fingerprint density at radius 2 is 2.05 bits per heavy atom. The third-order valence-corrected chi connectivity index (χ3v) is 3.47. The van der Waals surface area contributed by atoms with Crippen molar-refractivity contribution in [2.75, 3.05) is 11.4 Å². The molecule has 0 saturated heterocycles. The van der Waals surface area contributed by atoms with E-state index in [9.17, 15) is 4.79 Å². The number of carbonyl (C=O) groups excluding carboxylic acids is 1. The van der Waals surface area contributed by atoms with Crippen molar-refractivity contribution >= 4 is 23.2 Å². The number of rotatable bonds is 4. The standard InChI is InChI=1S/C18H17NO2/c1-2-12-19-17-11-4-3-9-15(17)16(18(19)20)10-5-7-14-8-6-13-21-14/h3-11,13H,2,12H2,1H3/b7-5+,16-10-. The van der Waals surface area contributed by atoms with Crippen LogP contribution in [0.1, 0.15) is 24.7 Å². The van der Waals surface area contributed by atoms with Gasteiger partial charge in [-0.2, -0.15) is 0 Å². The predicted molar refractivity (Wildman–Crippen MR) is 84.8 cm³/mol. The van der Waals surface area contributed by atoms with Crippen molar-refractivity contribution in [3.05, 3.63) is 66.1 Å². The van der Waals surface area contributed by atoms with Gasteiger partial charge in [0.1, 0.15) is 5.76 Å². The van der Waals surface area contributed by atoms with Crippen LogP contribution in [0.4, 0.5) is 5.69 Å². The number of para-hydroxylation sites is 1. The Bertz CT molecular complexity index is 696. The van der Waals surface area contributed by atoms with Crippen molar-refractivity contribution in [3.63, 3.8) is 0 Å². The smallest absolute Gasteiger partial charge is 0.258 e. The zero-order valence-corrected chi connectivity index (χ0v) is 12.0. The second-order valence-corrected chi connectivity index (χ2v) is 4.93. The van der Waals surface area contributed by atoms with Crippen molar-refractivity contribution < 1.29 is 9.21 Å². The van der Waals surface area contributed by atoms with Crippen LogP contribution < -0.4 is 4.90 Å². The van der Waals surface area contributed by atoms with E-state index in [0.29, 0.717) is 0 Å². The van der Waals surface area contributed by atoms with Gasteiger partial charge in [-0.1, -0.05) is 31.2 Å². The van der Waals surface area contributed by atoms with Crippen molar-refractivity contribution in [2.45, 2.75) is 13.3 Å². The van der Waals surface area contributed by atoms with Gasteiger partial charge in [0.15, 0.2) is 0 Å². The Labute approximate surface area is 124 Å². The summed E-state index contributed by atoms with van der Waals surface area (Å²) < 4.78 is 5.24. The van der Waals surface area contributed by atoms with E-state index in [4.69, 9.17) is 4.42 Å². The molecule has 0 unspecified atom stereocenters. The zero-order valence-electron chi connectivity index (χ0n) is 12.0. The molecule has 106 valence electrons. The summed E-state index contributed by atoms with van der Waals surface area (Å²) >= 11 is 0. The Kier molecular flexibility index (Phi) is 3.73. The molecule has 0 fully saturated rings. The number of carbonyl (C=O) groups is 1. The fourth-order valence-electron chi connectivity index (χ4n) is 2.54. The average molecular weight is 279 g/mol. The van der Waals surface area contributed by atoms with Crippen LogP contribution in [0.5, 0.6) is 0 Å². The summed E-state index contributed by atoms with van der Waals surface area (Å²) in [4.78, 5) is 14.4. The molecule has 1 aromatic heterocycles. The fraction of sp³-hybridized carbons (Fsp3) is 0.167. The number of amides is 1. The second kappa shape index (κ2) is 5.83. The number of anilines is 1. The topological polar surface area (TPSA) is 33.5 Å². The maximum absolute atomic E-state index is 12.5. The lowest BCUT2D eigenvalue weighted by Crippen LogP contribution is -2.26. The summed E-state index contributed by atoms with van der Waals surface area (Å²) in [7, 11) is 0. The average Bonchev–Trinajstić information content (AvgIpc) is 3.10. The van der Waals surface area contributed by atoms with Crippen LogP contribution in [0, 0.1) is 0 Å². The van der Waals surface area contributed by atoms with E-state index in [1.807, 2.05) is 59.5 Å². The molecule has 1 aliphatic rings. The summed E-state index contributed by atoms with van der Waals surface area (Å²) in [5.74, 6) is 0.846. The van der Waals surface area contributed by atoms with Crippen LogP contribution >= 0.6 is 0 Å². The molecular formula is C18H17NO2. The lowest BCUT2D eigenvalue weighted by atomic mass is 10.1. The summed E-state index contributed by atoms with van der Waals surface area (Å²) in [6, 6.07) is 11.6. The quantitative estimate of drug-likeness (QED) is 0.788. The molecule has 3 nitrogen and oxygen atoms in total.